The zero-order valence-electron chi connectivity index (χ0n) is 17.7. The van der Waals surface area contributed by atoms with E-state index in [0.717, 1.165) is 18.1 Å². The molecule has 4 nitrogen and oxygen atoms in total. The monoisotopic (exact) mass is 492 g/mol. The second-order valence-electron chi connectivity index (χ2n) is 7.33. The largest absolute Gasteiger partial charge is 0.489 e. The molecule has 0 fully saturated rings. The van der Waals surface area contributed by atoms with Gasteiger partial charge in [-0.15, -0.1) is 0 Å². The summed E-state index contributed by atoms with van der Waals surface area (Å²) in [5, 5.41) is 0.00453. The summed E-state index contributed by atoms with van der Waals surface area (Å²) in [6, 6.07) is 14.2. The molecule has 0 bridgehead atoms. The van der Waals surface area contributed by atoms with Gasteiger partial charge in [-0.05, 0) is 48.4 Å². The zero-order valence-corrected chi connectivity index (χ0v) is 18.5. The highest BCUT2D eigenvalue weighted by Crippen LogP contribution is 2.38. The lowest BCUT2D eigenvalue weighted by molar-refractivity contribution is -0.154. The van der Waals surface area contributed by atoms with Crippen LogP contribution in [-0.4, -0.2) is 0 Å². The van der Waals surface area contributed by atoms with Gasteiger partial charge in [0.05, 0.1) is 10.4 Å². The maximum atomic E-state index is 13.9. The number of alkyl halides is 3. The van der Waals surface area contributed by atoms with Crippen LogP contribution in [0.1, 0.15) is 23.8 Å². The number of benzene rings is 3. The van der Waals surface area contributed by atoms with Gasteiger partial charge in [0.15, 0.2) is 0 Å². The fourth-order valence-corrected chi connectivity index (χ4v) is 3.48. The molecular weight excluding hydrogens is 476 g/mol. The van der Waals surface area contributed by atoms with Gasteiger partial charge in [0, 0.05) is 11.6 Å². The minimum atomic E-state index is -5.00. The number of hydrogen-bond donors (Lipinski definition) is 0. The molecule has 1 heterocycles. The first-order valence-electron chi connectivity index (χ1n) is 10.2. The number of ether oxygens (including phenoxy) is 2. The molecule has 9 heteroatoms. The Hall–Kier alpha value is -3.52. The summed E-state index contributed by atoms with van der Waals surface area (Å²) >= 11 is 5.96. The van der Waals surface area contributed by atoms with Crippen LogP contribution >= 0.6 is 11.6 Å². The Morgan fingerprint density at radius 2 is 1.71 bits per heavy atom. The molecule has 0 atom stereocenters. The third kappa shape index (κ3) is 4.87. The van der Waals surface area contributed by atoms with E-state index in [1.54, 1.807) is 12.1 Å². The van der Waals surface area contributed by atoms with Gasteiger partial charge in [0.1, 0.15) is 29.5 Å². The molecule has 0 amide bonds. The molecule has 176 valence electrons. The maximum Gasteiger partial charge on any atom is 0.453 e. The van der Waals surface area contributed by atoms with E-state index in [9.17, 15) is 22.4 Å². The Labute approximate surface area is 196 Å². The molecular formula is C25H17ClF4O4. The highest BCUT2D eigenvalue weighted by molar-refractivity contribution is 6.31. The predicted octanol–water partition coefficient (Wildman–Crippen LogP) is 7.54. The van der Waals surface area contributed by atoms with Crippen molar-refractivity contribution in [3.05, 3.63) is 98.6 Å². The number of fused-ring (bicyclic) bond motifs is 1. The molecule has 0 unspecified atom stereocenters. The van der Waals surface area contributed by atoms with Gasteiger partial charge in [-0.25, -0.2) is 4.39 Å². The van der Waals surface area contributed by atoms with Crippen molar-refractivity contribution in [1.82, 2.24) is 0 Å². The maximum absolute atomic E-state index is 13.9. The molecule has 0 N–H and O–H groups in total. The third-order valence-electron chi connectivity index (χ3n) is 5.08. The normalized spacial score (nSPS) is 11.6. The zero-order chi connectivity index (χ0) is 24.5. The first-order chi connectivity index (χ1) is 16.2. The van der Waals surface area contributed by atoms with Gasteiger partial charge in [0.2, 0.25) is 11.2 Å². The van der Waals surface area contributed by atoms with Crippen LogP contribution in [0.5, 0.6) is 17.2 Å². The summed E-state index contributed by atoms with van der Waals surface area (Å²) in [5.74, 6) is -2.99. The highest BCUT2D eigenvalue weighted by Gasteiger charge is 2.40. The molecule has 0 aliphatic rings. The average Bonchev–Trinajstić information content (AvgIpc) is 2.80. The van der Waals surface area contributed by atoms with Gasteiger partial charge in [-0.2, -0.15) is 13.2 Å². The van der Waals surface area contributed by atoms with Crippen LogP contribution in [0.4, 0.5) is 17.6 Å². The molecule has 0 saturated heterocycles. The SMILES string of the molecule is CCc1ccc(Oc2c(C(F)(F)F)oc3cc(OCc4c(F)cccc4Cl)ccc3c2=O)cc1. The smallest absolute Gasteiger partial charge is 0.453 e. The fraction of sp³-hybridized carbons (Fsp3) is 0.160. The molecule has 4 aromatic rings. The quantitative estimate of drug-likeness (QED) is 0.261. The lowest BCUT2D eigenvalue weighted by atomic mass is 10.1. The molecule has 0 aliphatic heterocycles. The van der Waals surface area contributed by atoms with Gasteiger partial charge >= 0.3 is 6.18 Å². The highest BCUT2D eigenvalue weighted by atomic mass is 35.5. The van der Waals surface area contributed by atoms with E-state index >= 15 is 0 Å². The van der Waals surface area contributed by atoms with E-state index in [0.29, 0.717) is 0 Å². The number of hydrogen-bond acceptors (Lipinski definition) is 4. The molecule has 0 radical (unpaired) electrons. The summed E-state index contributed by atoms with van der Waals surface area (Å²) in [5.41, 5.74) is -0.308. The summed E-state index contributed by atoms with van der Waals surface area (Å²) in [7, 11) is 0. The van der Waals surface area contributed by atoms with Gasteiger partial charge in [0.25, 0.3) is 5.76 Å². The molecule has 4 rings (SSSR count). The minimum Gasteiger partial charge on any atom is -0.489 e. The van der Waals surface area contributed by atoms with E-state index in [1.165, 1.54) is 42.5 Å². The van der Waals surface area contributed by atoms with Crippen molar-refractivity contribution in [2.24, 2.45) is 0 Å². The van der Waals surface area contributed by atoms with Gasteiger partial charge < -0.3 is 13.9 Å². The van der Waals surface area contributed by atoms with E-state index < -0.39 is 28.9 Å². The standard InChI is InChI=1S/C25H17ClF4O4/c1-2-14-6-8-15(9-7-14)33-23-22(31)17-11-10-16(12-21(17)34-24(23)25(28,29)30)32-13-18-19(26)4-3-5-20(18)27/h3-12H,2,13H2,1H3. The second kappa shape index (κ2) is 9.38. The summed E-state index contributed by atoms with van der Waals surface area (Å²) in [6.45, 7) is 1.65. The lowest BCUT2D eigenvalue weighted by Crippen LogP contribution is -2.15. The van der Waals surface area contributed by atoms with Crippen molar-refractivity contribution in [3.8, 4) is 17.2 Å². The van der Waals surface area contributed by atoms with Crippen LogP contribution in [0.25, 0.3) is 11.0 Å². The van der Waals surface area contributed by atoms with Crippen molar-refractivity contribution in [3.63, 3.8) is 0 Å². The number of halogens is 5. The minimum absolute atomic E-state index is 0.0620. The van der Waals surface area contributed by atoms with Crippen LogP contribution in [-0.2, 0) is 19.2 Å². The molecule has 0 spiro atoms. The summed E-state index contributed by atoms with van der Waals surface area (Å²) in [4.78, 5) is 12.9. The van der Waals surface area contributed by atoms with Crippen LogP contribution < -0.4 is 14.9 Å². The topological polar surface area (TPSA) is 48.7 Å². The van der Waals surface area contributed by atoms with Crippen molar-refractivity contribution in [2.45, 2.75) is 26.1 Å². The summed E-state index contributed by atoms with van der Waals surface area (Å²) < 4.78 is 71.0. The average molecular weight is 493 g/mol. The number of rotatable bonds is 6. The van der Waals surface area contributed by atoms with Crippen molar-refractivity contribution < 1.29 is 31.5 Å². The van der Waals surface area contributed by atoms with Gasteiger partial charge in [-0.3, -0.25) is 4.79 Å². The molecule has 0 aliphatic carbocycles. The van der Waals surface area contributed by atoms with Crippen LogP contribution in [0.15, 0.2) is 69.9 Å². The molecule has 34 heavy (non-hydrogen) atoms. The van der Waals surface area contributed by atoms with Gasteiger partial charge in [-0.1, -0.05) is 36.7 Å². The van der Waals surface area contributed by atoms with Crippen molar-refractivity contribution in [2.75, 3.05) is 0 Å². The number of aryl methyl sites for hydroxylation is 1. The van der Waals surface area contributed by atoms with E-state index in [-0.39, 0.29) is 39.7 Å². The first kappa shape index (κ1) is 23.6. The first-order valence-corrected chi connectivity index (χ1v) is 10.6. The van der Waals surface area contributed by atoms with Crippen LogP contribution in [0.3, 0.4) is 0 Å². The molecule has 3 aromatic carbocycles. The lowest BCUT2D eigenvalue weighted by Gasteiger charge is -2.14. The Bertz CT molecular complexity index is 1380. The molecule has 1 aromatic heterocycles. The third-order valence-corrected chi connectivity index (χ3v) is 5.43. The van der Waals surface area contributed by atoms with E-state index in [4.69, 9.17) is 25.5 Å². The fourth-order valence-electron chi connectivity index (χ4n) is 3.26. The Morgan fingerprint density at radius 3 is 2.35 bits per heavy atom. The second-order valence-corrected chi connectivity index (χ2v) is 7.74. The molecule has 0 saturated carbocycles. The summed E-state index contributed by atoms with van der Waals surface area (Å²) in [6.07, 6.45) is -4.26. The van der Waals surface area contributed by atoms with E-state index in [1.807, 2.05) is 6.92 Å². The van der Waals surface area contributed by atoms with Crippen molar-refractivity contribution >= 4 is 22.6 Å². The Kier molecular flexibility index (Phi) is 6.52. The van der Waals surface area contributed by atoms with Crippen LogP contribution in [0, 0.1) is 5.82 Å². The van der Waals surface area contributed by atoms with Crippen molar-refractivity contribution in [1.29, 1.82) is 0 Å². The van der Waals surface area contributed by atoms with Crippen LogP contribution in [0.2, 0.25) is 5.02 Å². The Morgan fingerprint density at radius 1 is 1.00 bits per heavy atom. The predicted molar refractivity (Wildman–Crippen MR) is 119 cm³/mol. The Balaban J connectivity index is 1.71. The van der Waals surface area contributed by atoms with E-state index in [2.05, 4.69) is 0 Å².